The van der Waals surface area contributed by atoms with E-state index in [1.165, 1.54) is 11.8 Å². The van der Waals surface area contributed by atoms with Crippen LogP contribution in [0.15, 0.2) is 35.2 Å². The number of benzene rings is 1. The van der Waals surface area contributed by atoms with E-state index < -0.39 is 0 Å². The zero-order valence-electron chi connectivity index (χ0n) is 9.96. The maximum atomic E-state index is 12.1. The molecule has 1 fully saturated rings. The van der Waals surface area contributed by atoms with Crippen molar-refractivity contribution in [1.82, 2.24) is 4.90 Å². The van der Waals surface area contributed by atoms with Gasteiger partial charge in [0.1, 0.15) is 4.32 Å². The fourth-order valence-corrected chi connectivity index (χ4v) is 2.88. The molecule has 0 aliphatic carbocycles. The van der Waals surface area contributed by atoms with Crippen molar-refractivity contribution in [3.63, 3.8) is 0 Å². The molecule has 2 rings (SSSR count). The second kappa shape index (κ2) is 6.13. The number of carbonyl (C=O) groups is 1. The molecule has 1 aliphatic heterocycles. The average molecular weight is 279 g/mol. The Balaban J connectivity index is 2.15. The smallest absolute Gasteiger partial charge is 0.266 e. The molecule has 0 N–H and O–H groups in total. The molecule has 5 heteroatoms. The third-order valence-electron chi connectivity index (χ3n) is 2.49. The van der Waals surface area contributed by atoms with Gasteiger partial charge in [0.2, 0.25) is 0 Å². The molecule has 0 unspecified atom stereocenters. The Morgan fingerprint density at radius 1 is 1.39 bits per heavy atom. The molecule has 1 heterocycles. The van der Waals surface area contributed by atoms with Gasteiger partial charge >= 0.3 is 0 Å². The summed E-state index contributed by atoms with van der Waals surface area (Å²) in [6.07, 6.45) is 1.87. The van der Waals surface area contributed by atoms with E-state index in [-0.39, 0.29) is 5.91 Å². The number of ether oxygens (including phenoxy) is 1. The van der Waals surface area contributed by atoms with Crippen LogP contribution in [0.1, 0.15) is 5.56 Å². The lowest BCUT2D eigenvalue weighted by atomic mass is 10.2. The fraction of sp³-hybridized carbons (Fsp3) is 0.231. The minimum absolute atomic E-state index is 0.0362. The predicted molar refractivity (Wildman–Crippen MR) is 78.2 cm³/mol. The van der Waals surface area contributed by atoms with E-state index in [0.717, 1.165) is 5.56 Å². The minimum atomic E-state index is -0.0362. The molecule has 0 bridgehead atoms. The quantitative estimate of drug-likeness (QED) is 0.626. The summed E-state index contributed by atoms with van der Waals surface area (Å²) in [4.78, 5) is 14.4. The number of methoxy groups -OCH3 is 1. The molecular weight excluding hydrogens is 266 g/mol. The molecule has 1 aromatic carbocycles. The first-order valence-electron chi connectivity index (χ1n) is 5.51. The highest BCUT2D eigenvalue weighted by molar-refractivity contribution is 8.26. The number of thioether (sulfide) groups is 1. The van der Waals surface area contributed by atoms with Gasteiger partial charge in [-0.2, -0.15) is 0 Å². The minimum Gasteiger partial charge on any atom is -0.383 e. The van der Waals surface area contributed by atoms with Crippen molar-refractivity contribution in [3.05, 3.63) is 40.8 Å². The first-order valence-corrected chi connectivity index (χ1v) is 6.74. The van der Waals surface area contributed by atoms with E-state index in [1.54, 1.807) is 12.0 Å². The van der Waals surface area contributed by atoms with Crippen LogP contribution in [-0.2, 0) is 9.53 Å². The van der Waals surface area contributed by atoms with Gasteiger partial charge in [-0.1, -0.05) is 54.3 Å². The van der Waals surface area contributed by atoms with Gasteiger partial charge in [0.25, 0.3) is 5.91 Å². The van der Waals surface area contributed by atoms with E-state index in [4.69, 9.17) is 17.0 Å². The molecule has 0 aromatic heterocycles. The van der Waals surface area contributed by atoms with Crippen molar-refractivity contribution in [2.24, 2.45) is 0 Å². The van der Waals surface area contributed by atoms with Crippen LogP contribution in [0.25, 0.3) is 6.08 Å². The molecule has 1 aliphatic rings. The number of hydrogen-bond donors (Lipinski definition) is 0. The number of nitrogens with zero attached hydrogens (tertiary/aromatic N) is 1. The molecule has 94 valence electrons. The monoisotopic (exact) mass is 279 g/mol. The summed E-state index contributed by atoms with van der Waals surface area (Å²) in [5.74, 6) is -0.0362. The van der Waals surface area contributed by atoms with Gasteiger partial charge in [-0.25, -0.2) is 0 Å². The summed E-state index contributed by atoms with van der Waals surface area (Å²) in [7, 11) is 1.61. The number of hydrogen-bond acceptors (Lipinski definition) is 4. The lowest BCUT2D eigenvalue weighted by Gasteiger charge is -2.12. The van der Waals surface area contributed by atoms with Gasteiger partial charge in [-0.15, -0.1) is 0 Å². The SMILES string of the molecule is COCCN1C(=O)/C(=C\c2ccccc2)SC1=S. The van der Waals surface area contributed by atoms with Crippen molar-refractivity contribution >= 4 is 40.3 Å². The Morgan fingerprint density at radius 2 is 2.11 bits per heavy atom. The van der Waals surface area contributed by atoms with E-state index in [9.17, 15) is 4.79 Å². The summed E-state index contributed by atoms with van der Waals surface area (Å²) >= 11 is 6.54. The van der Waals surface area contributed by atoms with Crippen molar-refractivity contribution < 1.29 is 9.53 Å². The number of rotatable bonds is 4. The van der Waals surface area contributed by atoms with Crippen molar-refractivity contribution in [2.75, 3.05) is 20.3 Å². The van der Waals surface area contributed by atoms with Crippen LogP contribution in [-0.4, -0.2) is 35.4 Å². The summed E-state index contributed by atoms with van der Waals surface area (Å²) < 4.78 is 5.57. The molecule has 1 saturated heterocycles. The molecule has 1 aromatic rings. The second-order valence-corrected chi connectivity index (χ2v) is 5.41. The van der Waals surface area contributed by atoms with Crippen molar-refractivity contribution in [3.8, 4) is 0 Å². The molecular formula is C13H13NO2S2. The fourth-order valence-electron chi connectivity index (χ4n) is 1.58. The number of amides is 1. The summed E-state index contributed by atoms with van der Waals surface area (Å²) in [5, 5.41) is 0. The lowest BCUT2D eigenvalue weighted by molar-refractivity contribution is -0.122. The zero-order valence-corrected chi connectivity index (χ0v) is 11.6. The van der Waals surface area contributed by atoms with Crippen LogP contribution in [0.3, 0.4) is 0 Å². The van der Waals surface area contributed by atoms with Crippen molar-refractivity contribution in [2.45, 2.75) is 0 Å². The molecule has 0 atom stereocenters. The second-order valence-electron chi connectivity index (χ2n) is 3.74. The lowest BCUT2D eigenvalue weighted by Crippen LogP contribution is -2.31. The summed E-state index contributed by atoms with van der Waals surface area (Å²) in [6.45, 7) is 0.998. The normalized spacial score (nSPS) is 17.8. The predicted octanol–water partition coefficient (Wildman–Crippen LogP) is 2.53. The number of carbonyl (C=O) groups excluding carboxylic acids is 1. The first-order chi connectivity index (χ1) is 8.72. The third-order valence-corrected chi connectivity index (χ3v) is 3.87. The Morgan fingerprint density at radius 3 is 2.78 bits per heavy atom. The highest BCUT2D eigenvalue weighted by atomic mass is 32.2. The maximum absolute atomic E-state index is 12.1. The van der Waals surface area contributed by atoms with E-state index in [1.807, 2.05) is 36.4 Å². The molecule has 0 saturated carbocycles. The summed E-state index contributed by atoms with van der Waals surface area (Å²) in [6, 6.07) is 9.75. The molecule has 3 nitrogen and oxygen atoms in total. The van der Waals surface area contributed by atoms with E-state index in [2.05, 4.69) is 0 Å². The molecule has 18 heavy (non-hydrogen) atoms. The van der Waals surface area contributed by atoms with Gasteiger partial charge < -0.3 is 4.74 Å². The Kier molecular flexibility index (Phi) is 4.52. The Labute approximate surface area is 116 Å². The van der Waals surface area contributed by atoms with E-state index in [0.29, 0.717) is 22.4 Å². The Bertz CT molecular complexity index is 485. The zero-order chi connectivity index (χ0) is 13.0. The molecule has 0 radical (unpaired) electrons. The third kappa shape index (κ3) is 2.98. The maximum Gasteiger partial charge on any atom is 0.266 e. The topological polar surface area (TPSA) is 29.5 Å². The largest absolute Gasteiger partial charge is 0.383 e. The van der Waals surface area contributed by atoms with Crippen LogP contribution >= 0.6 is 24.0 Å². The van der Waals surface area contributed by atoms with Gasteiger partial charge in [0, 0.05) is 7.11 Å². The van der Waals surface area contributed by atoms with Crippen LogP contribution in [0.2, 0.25) is 0 Å². The average Bonchev–Trinajstić information content (AvgIpc) is 2.64. The molecule has 0 spiro atoms. The van der Waals surface area contributed by atoms with Gasteiger partial charge in [-0.3, -0.25) is 9.69 Å². The summed E-state index contributed by atoms with van der Waals surface area (Å²) in [5.41, 5.74) is 1.00. The van der Waals surface area contributed by atoms with Gasteiger partial charge in [0.05, 0.1) is 18.1 Å². The Hall–Kier alpha value is -1.17. The standard InChI is InChI=1S/C13H13NO2S2/c1-16-8-7-14-12(15)11(18-13(14)17)9-10-5-3-2-4-6-10/h2-6,9H,7-8H2,1H3/b11-9+. The van der Waals surface area contributed by atoms with Crippen LogP contribution < -0.4 is 0 Å². The number of thiocarbonyl (C=S) groups is 1. The van der Waals surface area contributed by atoms with Gasteiger partial charge in [0.15, 0.2) is 0 Å². The highest BCUT2D eigenvalue weighted by Gasteiger charge is 2.31. The van der Waals surface area contributed by atoms with Crippen LogP contribution in [0, 0.1) is 0 Å². The first kappa shape index (κ1) is 13.3. The van der Waals surface area contributed by atoms with Crippen molar-refractivity contribution in [1.29, 1.82) is 0 Å². The highest BCUT2D eigenvalue weighted by Crippen LogP contribution is 2.32. The molecule has 1 amide bonds. The van der Waals surface area contributed by atoms with Crippen LogP contribution in [0.4, 0.5) is 0 Å². The van der Waals surface area contributed by atoms with Crippen LogP contribution in [0.5, 0.6) is 0 Å². The van der Waals surface area contributed by atoms with E-state index >= 15 is 0 Å². The van der Waals surface area contributed by atoms with Gasteiger partial charge in [-0.05, 0) is 11.6 Å².